The number of aromatic hydroxyl groups is 1. The molecule has 0 unspecified atom stereocenters. The summed E-state index contributed by atoms with van der Waals surface area (Å²) < 4.78 is 26.0. The third-order valence-electron chi connectivity index (χ3n) is 2.01. The molecule has 82 valence electrons. The van der Waals surface area contributed by atoms with Crippen LogP contribution in [0.4, 0.5) is 8.78 Å². The molecule has 0 aliphatic rings. The zero-order chi connectivity index (χ0) is 11.6. The van der Waals surface area contributed by atoms with Gasteiger partial charge in [-0.2, -0.15) is 0 Å². The van der Waals surface area contributed by atoms with Crippen LogP contribution in [0, 0.1) is 11.6 Å². The molecule has 0 aliphatic carbocycles. The second kappa shape index (κ2) is 4.40. The van der Waals surface area contributed by atoms with E-state index in [1.165, 1.54) is 0 Å². The Morgan fingerprint density at radius 3 is 2.60 bits per heavy atom. The van der Waals surface area contributed by atoms with E-state index >= 15 is 0 Å². The van der Waals surface area contributed by atoms with Gasteiger partial charge in [0, 0.05) is 23.7 Å². The molecular weight excluding hydrogens is 200 g/mol. The average Bonchev–Trinajstić information content (AvgIpc) is 1.99. The van der Waals surface area contributed by atoms with Crippen LogP contribution in [0.2, 0.25) is 0 Å². The van der Waals surface area contributed by atoms with Gasteiger partial charge in [0.2, 0.25) is 0 Å². The van der Waals surface area contributed by atoms with E-state index in [4.69, 9.17) is 5.73 Å². The van der Waals surface area contributed by atoms with Crippen LogP contribution < -0.4 is 5.73 Å². The van der Waals surface area contributed by atoms with Gasteiger partial charge in [-0.15, -0.1) is 6.58 Å². The third kappa shape index (κ3) is 2.76. The smallest absolute Gasteiger partial charge is 0.134 e. The Hall–Kier alpha value is -1.42. The SMILES string of the molecule is C=C(C)C[C@@H](N)c1c(O)cc(F)cc1F. The highest BCUT2D eigenvalue weighted by molar-refractivity contribution is 5.37. The summed E-state index contributed by atoms with van der Waals surface area (Å²) >= 11 is 0. The van der Waals surface area contributed by atoms with Gasteiger partial charge in [-0.05, 0) is 13.3 Å². The highest BCUT2D eigenvalue weighted by Gasteiger charge is 2.17. The molecule has 0 amide bonds. The summed E-state index contributed by atoms with van der Waals surface area (Å²) in [4.78, 5) is 0. The molecule has 0 bridgehead atoms. The minimum Gasteiger partial charge on any atom is -0.507 e. The zero-order valence-electron chi connectivity index (χ0n) is 8.43. The van der Waals surface area contributed by atoms with E-state index in [-0.39, 0.29) is 5.56 Å². The molecule has 0 radical (unpaired) electrons. The predicted octanol–water partition coefficient (Wildman–Crippen LogP) is 2.64. The van der Waals surface area contributed by atoms with E-state index in [1.807, 2.05) is 0 Å². The van der Waals surface area contributed by atoms with E-state index in [2.05, 4.69) is 6.58 Å². The van der Waals surface area contributed by atoms with Crippen LogP contribution in [0.3, 0.4) is 0 Å². The number of rotatable bonds is 3. The summed E-state index contributed by atoms with van der Waals surface area (Å²) in [6.07, 6.45) is 0.343. The summed E-state index contributed by atoms with van der Waals surface area (Å²) in [6, 6.07) is 0.840. The number of halogens is 2. The van der Waals surface area contributed by atoms with Crippen LogP contribution in [0.15, 0.2) is 24.3 Å². The second-order valence-corrected chi connectivity index (χ2v) is 3.59. The summed E-state index contributed by atoms with van der Waals surface area (Å²) in [5, 5.41) is 9.37. The van der Waals surface area contributed by atoms with Crippen molar-refractivity contribution in [2.24, 2.45) is 5.73 Å². The molecule has 1 aromatic rings. The fourth-order valence-corrected chi connectivity index (χ4v) is 1.42. The first kappa shape index (κ1) is 11.7. The Bertz CT molecular complexity index is 367. The molecule has 1 rings (SSSR count). The summed E-state index contributed by atoms with van der Waals surface area (Å²) in [6.45, 7) is 5.39. The van der Waals surface area contributed by atoms with Gasteiger partial charge in [0.1, 0.15) is 17.4 Å². The van der Waals surface area contributed by atoms with E-state index in [1.54, 1.807) is 6.92 Å². The number of benzene rings is 1. The number of phenolic OH excluding ortho intramolecular Hbond substituents is 1. The van der Waals surface area contributed by atoms with Crippen molar-refractivity contribution in [3.63, 3.8) is 0 Å². The molecule has 0 saturated carbocycles. The van der Waals surface area contributed by atoms with Gasteiger partial charge < -0.3 is 10.8 Å². The van der Waals surface area contributed by atoms with Crippen LogP contribution in [0.1, 0.15) is 24.9 Å². The average molecular weight is 213 g/mol. The first-order valence-corrected chi connectivity index (χ1v) is 4.49. The lowest BCUT2D eigenvalue weighted by Gasteiger charge is -2.14. The quantitative estimate of drug-likeness (QED) is 0.758. The molecule has 1 atom stereocenters. The summed E-state index contributed by atoms with van der Waals surface area (Å²) in [7, 11) is 0. The number of nitrogens with two attached hydrogens (primary N) is 1. The molecule has 1 aromatic carbocycles. The molecule has 0 aliphatic heterocycles. The van der Waals surface area contributed by atoms with Gasteiger partial charge in [0.05, 0.1) is 0 Å². The highest BCUT2D eigenvalue weighted by atomic mass is 19.1. The Balaban J connectivity index is 3.08. The lowest BCUT2D eigenvalue weighted by atomic mass is 10.00. The van der Waals surface area contributed by atoms with E-state index in [9.17, 15) is 13.9 Å². The Morgan fingerprint density at radius 1 is 1.53 bits per heavy atom. The van der Waals surface area contributed by atoms with E-state index < -0.39 is 23.4 Å². The van der Waals surface area contributed by atoms with Crippen LogP contribution in [0.5, 0.6) is 5.75 Å². The Labute approximate surface area is 87.0 Å². The van der Waals surface area contributed by atoms with Crippen LogP contribution >= 0.6 is 0 Å². The fourth-order valence-electron chi connectivity index (χ4n) is 1.42. The largest absolute Gasteiger partial charge is 0.507 e. The lowest BCUT2D eigenvalue weighted by molar-refractivity contribution is 0.440. The molecule has 4 heteroatoms. The first-order valence-electron chi connectivity index (χ1n) is 4.49. The highest BCUT2D eigenvalue weighted by Crippen LogP contribution is 2.29. The van der Waals surface area contributed by atoms with Gasteiger partial charge in [-0.3, -0.25) is 0 Å². The van der Waals surface area contributed by atoms with E-state index in [0.29, 0.717) is 12.5 Å². The van der Waals surface area contributed by atoms with Crippen molar-refractivity contribution in [2.45, 2.75) is 19.4 Å². The Kier molecular flexibility index (Phi) is 3.42. The maximum Gasteiger partial charge on any atom is 0.134 e. The predicted molar refractivity (Wildman–Crippen MR) is 54.4 cm³/mol. The molecule has 0 saturated heterocycles. The molecule has 2 nitrogen and oxygen atoms in total. The van der Waals surface area contributed by atoms with Crippen molar-refractivity contribution in [1.82, 2.24) is 0 Å². The molecule has 15 heavy (non-hydrogen) atoms. The number of hydrogen-bond acceptors (Lipinski definition) is 2. The molecule has 0 spiro atoms. The Morgan fingerprint density at radius 2 is 2.13 bits per heavy atom. The van der Waals surface area contributed by atoms with Crippen LogP contribution in [-0.4, -0.2) is 5.11 Å². The topological polar surface area (TPSA) is 46.2 Å². The van der Waals surface area contributed by atoms with Gasteiger partial charge >= 0.3 is 0 Å². The van der Waals surface area contributed by atoms with Gasteiger partial charge in [-0.25, -0.2) is 8.78 Å². The minimum absolute atomic E-state index is 0.0700. The van der Waals surface area contributed by atoms with Crippen molar-refractivity contribution in [2.75, 3.05) is 0 Å². The molecule has 0 fully saturated rings. The summed E-state index contributed by atoms with van der Waals surface area (Å²) in [5.74, 6) is -2.11. The number of phenols is 1. The van der Waals surface area contributed by atoms with Crippen LogP contribution in [0.25, 0.3) is 0 Å². The normalized spacial score (nSPS) is 12.5. The fraction of sp³-hybridized carbons (Fsp3) is 0.273. The number of hydrogen-bond donors (Lipinski definition) is 2. The van der Waals surface area contributed by atoms with E-state index in [0.717, 1.165) is 11.6 Å². The second-order valence-electron chi connectivity index (χ2n) is 3.59. The van der Waals surface area contributed by atoms with Gasteiger partial charge in [0.25, 0.3) is 0 Å². The van der Waals surface area contributed by atoms with Crippen molar-refractivity contribution < 1.29 is 13.9 Å². The third-order valence-corrected chi connectivity index (χ3v) is 2.01. The molecule has 3 N–H and O–H groups in total. The van der Waals surface area contributed by atoms with Crippen LogP contribution in [-0.2, 0) is 0 Å². The van der Waals surface area contributed by atoms with Crippen molar-refractivity contribution in [3.8, 4) is 5.75 Å². The first-order chi connectivity index (χ1) is 6.91. The monoisotopic (exact) mass is 213 g/mol. The van der Waals surface area contributed by atoms with Crippen molar-refractivity contribution >= 4 is 0 Å². The lowest BCUT2D eigenvalue weighted by Crippen LogP contribution is -2.13. The summed E-state index contributed by atoms with van der Waals surface area (Å²) in [5.41, 5.74) is 6.36. The maximum atomic E-state index is 13.3. The zero-order valence-corrected chi connectivity index (χ0v) is 8.43. The molecule has 0 aromatic heterocycles. The minimum atomic E-state index is -0.832. The van der Waals surface area contributed by atoms with Crippen molar-refractivity contribution in [3.05, 3.63) is 41.5 Å². The van der Waals surface area contributed by atoms with Gasteiger partial charge in [0.15, 0.2) is 0 Å². The standard InChI is InChI=1S/C11H13F2NO/c1-6(2)3-9(14)11-8(13)4-7(12)5-10(11)15/h4-5,9,15H,1,3,14H2,2H3/t9-/m1/s1. The van der Waals surface area contributed by atoms with Gasteiger partial charge in [-0.1, -0.05) is 5.57 Å². The molecular formula is C11H13F2NO. The van der Waals surface area contributed by atoms with Crippen molar-refractivity contribution in [1.29, 1.82) is 0 Å². The maximum absolute atomic E-state index is 13.3. The molecule has 0 heterocycles.